The van der Waals surface area contributed by atoms with Crippen LogP contribution < -0.4 is 10.6 Å². The number of nitro groups is 1. The number of carbonyl (C=O) groups is 1. The van der Waals surface area contributed by atoms with E-state index in [4.69, 9.17) is 0 Å². The molecule has 1 amide bonds. The molecule has 0 aliphatic carbocycles. The first-order chi connectivity index (χ1) is 9.61. The molecule has 108 valence electrons. The average Bonchev–Trinajstić information content (AvgIpc) is 2.97. The fraction of sp³-hybridized carbons (Fsp3) is 0.462. The Balaban J connectivity index is 2.11. The van der Waals surface area contributed by atoms with E-state index < -0.39 is 4.92 Å². The molecular weight excluding hydrogens is 278 g/mol. The molecule has 1 heterocycles. The number of anilines is 1. The number of thioether (sulfide) groups is 1. The van der Waals surface area contributed by atoms with Crippen molar-refractivity contribution in [3.8, 4) is 0 Å². The molecule has 2 N–H and O–H groups in total. The van der Waals surface area contributed by atoms with Gasteiger partial charge < -0.3 is 10.6 Å². The van der Waals surface area contributed by atoms with Crippen LogP contribution in [0.25, 0.3) is 0 Å². The quantitative estimate of drug-likeness (QED) is 0.642. The second-order valence-corrected chi connectivity index (χ2v) is 5.83. The predicted octanol–water partition coefficient (Wildman–Crippen LogP) is 2.12. The lowest BCUT2D eigenvalue weighted by molar-refractivity contribution is -0.385. The Labute approximate surface area is 121 Å². The van der Waals surface area contributed by atoms with Gasteiger partial charge in [0, 0.05) is 25.3 Å². The Morgan fingerprint density at radius 1 is 1.55 bits per heavy atom. The maximum Gasteiger partial charge on any atom is 0.282 e. The fourth-order valence-corrected chi connectivity index (χ4v) is 3.39. The second-order valence-electron chi connectivity index (χ2n) is 4.68. The minimum Gasteiger partial charge on any atom is -0.388 e. The first kappa shape index (κ1) is 14.6. The third kappa shape index (κ3) is 3.41. The first-order valence-corrected chi connectivity index (χ1v) is 7.59. The van der Waals surface area contributed by atoms with Crippen molar-refractivity contribution in [2.45, 2.75) is 6.42 Å². The largest absolute Gasteiger partial charge is 0.388 e. The Morgan fingerprint density at radius 3 is 2.95 bits per heavy atom. The summed E-state index contributed by atoms with van der Waals surface area (Å²) in [5.74, 6) is 2.25. The van der Waals surface area contributed by atoms with Crippen LogP contribution in [0.4, 0.5) is 11.4 Å². The van der Waals surface area contributed by atoms with Crippen LogP contribution in [0.3, 0.4) is 0 Å². The summed E-state index contributed by atoms with van der Waals surface area (Å²) in [4.78, 5) is 22.6. The van der Waals surface area contributed by atoms with Gasteiger partial charge >= 0.3 is 0 Å². The highest BCUT2D eigenvalue weighted by Gasteiger charge is 2.22. The topological polar surface area (TPSA) is 84.3 Å². The highest BCUT2D eigenvalue weighted by Crippen LogP contribution is 2.24. The van der Waals surface area contributed by atoms with Gasteiger partial charge in [-0.3, -0.25) is 14.9 Å². The monoisotopic (exact) mass is 295 g/mol. The van der Waals surface area contributed by atoms with Crippen molar-refractivity contribution in [2.24, 2.45) is 5.92 Å². The molecule has 20 heavy (non-hydrogen) atoms. The molecule has 0 spiro atoms. The van der Waals surface area contributed by atoms with Crippen LogP contribution in [-0.4, -0.2) is 35.9 Å². The summed E-state index contributed by atoms with van der Waals surface area (Å²) in [5, 5.41) is 16.7. The zero-order valence-electron chi connectivity index (χ0n) is 11.2. The van der Waals surface area contributed by atoms with Crippen molar-refractivity contribution in [1.29, 1.82) is 0 Å². The van der Waals surface area contributed by atoms with E-state index in [1.807, 2.05) is 11.8 Å². The van der Waals surface area contributed by atoms with Gasteiger partial charge in [0.25, 0.3) is 11.6 Å². The van der Waals surface area contributed by atoms with E-state index in [9.17, 15) is 14.9 Å². The molecule has 1 unspecified atom stereocenters. The SMILES string of the molecule is CNc1ccc([N+](=O)[O-])c(C(=O)NCC2CCSC2)c1. The van der Waals surface area contributed by atoms with Gasteiger partial charge in [-0.1, -0.05) is 0 Å². The van der Waals surface area contributed by atoms with Crippen molar-refractivity contribution in [2.75, 3.05) is 30.4 Å². The van der Waals surface area contributed by atoms with E-state index in [1.165, 1.54) is 12.1 Å². The minimum atomic E-state index is -0.528. The van der Waals surface area contributed by atoms with Gasteiger partial charge in [0.2, 0.25) is 0 Å². The molecule has 1 atom stereocenters. The molecule has 1 aliphatic heterocycles. The molecule has 1 aromatic rings. The Bertz CT molecular complexity index is 516. The van der Waals surface area contributed by atoms with E-state index in [0.29, 0.717) is 18.2 Å². The van der Waals surface area contributed by atoms with Gasteiger partial charge in [0.15, 0.2) is 0 Å². The molecule has 0 saturated carbocycles. The maximum absolute atomic E-state index is 12.1. The van der Waals surface area contributed by atoms with Crippen LogP contribution in [0.1, 0.15) is 16.8 Å². The van der Waals surface area contributed by atoms with Crippen LogP contribution in [0.5, 0.6) is 0 Å². The highest BCUT2D eigenvalue weighted by atomic mass is 32.2. The first-order valence-electron chi connectivity index (χ1n) is 6.44. The Morgan fingerprint density at radius 2 is 2.35 bits per heavy atom. The molecule has 1 aliphatic rings. The molecule has 1 aromatic carbocycles. The minimum absolute atomic E-state index is 0.104. The van der Waals surface area contributed by atoms with Crippen molar-refractivity contribution < 1.29 is 9.72 Å². The molecule has 2 rings (SSSR count). The lowest BCUT2D eigenvalue weighted by Gasteiger charge is -2.11. The molecule has 1 saturated heterocycles. The van der Waals surface area contributed by atoms with Crippen LogP contribution in [0, 0.1) is 16.0 Å². The van der Waals surface area contributed by atoms with Crippen molar-refractivity contribution in [3.05, 3.63) is 33.9 Å². The number of amides is 1. The lowest BCUT2D eigenvalue weighted by atomic mass is 10.1. The van der Waals surface area contributed by atoms with Crippen molar-refractivity contribution in [3.63, 3.8) is 0 Å². The molecule has 0 radical (unpaired) electrons. The molecule has 0 bridgehead atoms. The van der Waals surface area contributed by atoms with E-state index in [2.05, 4.69) is 10.6 Å². The summed E-state index contributed by atoms with van der Waals surface area (Å²) in [7, 11) is 1.71. The zero-order valence-corrected chi connectivity index (χ0v) is 12.0. The number of carbonyl (C=O) groups excluding carboxylic acids is 1. The molecule has 6 nitrogen and oxygen atoms in total. The van der Waals surface area contributed by atoms with Gasteiger partial charge in [-0.05, 0) is 36.0 Å². The Kier molecular flexibility index (Phi) is 4.84. The Hall–Kier alpha value is -1.76. The standard InChI is InChI=1S/C13H17N3O3S/c1-14-10-2-3-12(16(18)19)11(6-10)13(17)15-7-9-4-5-20-8-9/h2-3,6,9,14H,4-5,7-8H2,1H3,(H,15,17). The van der Waals surface area contributed by atoms with Crippen LogP contribution in [0.15, 0.2) is 18.2 Å². The van der Waals surface area contributed by atoms with E-state index >= 15 is 0 Å². The summed E-state index contributed by atoms with van der Waals surface area (Å²) in [6.45, 7) is 0.576. The van der Waals surface area contributed by atoms with E-state index in [-0.39, 0.29) is 17.2 Å². The normalized spacial score (nSPS) is 17.8. The van der Waals surface area contributed by atoms with Crippen LogP contribution >= 0.6 is 11.8 Å². The maximum atomic E-state index is 12.1. The summed E-state index contributed by atoms with van der Waals surface area (Å²) in [6, 6.07) is 4.45. The van der Waals surface area contributed by atoms with Crippen molar-refractivity contribution in [1.82, 2.24) is 5.32 Å². The predicted molar refractivity (Wildman–Crippen MR) is 80.4 cm³/mol. The highest BCUT2D eigenvalue weighted by molar-refractivity contribution is 7.99. The second kappa shape index (κ2) is 6.60. The summed E-state index contributed by atoms with van der Waals surface area (Å²) in [5.41, 5.74) is 0.618. The van der Waals surface area contributed by atoms with Crippen LogP contribution in [0.2, 0.25) is 0 Å². The molecule has 1 fully saturated rings. The third-order valence-corrected chi connectivity index (χ3v) is 4.53. The molecule has 0 aromatic heterocycles. The number of hydrogen-bond donors (Lipinski definition) is 2. The number of rotatable bonds is 5. The summed E-state index contributed by atoms with van der Waals surface area (Å²) in [6.07, 6.45) is 1.09. The third-order valence-electron chi connectivity index (χ3n) is 3.30. The lowest BCUT2D eigenvalue weighted by Crippen LogP contribution is -2.29. The van der Waals surface area contributed by atoms with Gasteiger partial charge in [0.05, 0.1) is 4.92 Å². The smallest absolute Gasteiger partial charge is 0.282 e. The number of hydrogen-bond acceptors (Lipinski definition) is 5. The average molecular weight is 295 g/mol. The van der Waals surface area contributed by atoms with Gasteiger partial charge in [-0.25, -0.2) is 0 Å². The van der Waals surface area contributed by atoms with Gasteiger partial charge in [0.1, 0.15) is 5.56 Å². The van der Waals surface area contributed by atoms with Gasteiger partial charge in [-0.2, -0.15) is 11.8 Å². The van der Waals surface area contributed by atoms with E-state index in [1.54, 1.807) is 13.1 Å². The summed E-state index contributed by atoms with van der Waals surface area (Å²) >= 11 is 1.87. The zero-order chi connectivity index (χ0) is 14.5. The number of nitrogens with one attached hydrogen (secondary N) is 2. The van der Waals surface area contributed by atoms with Crippen molar-refractivity contribution >= 4 is 29.0 Å². The number of benzene rings is 1. The molecular formula is C13H17N3O3S. The summed E-state index contributed by atoms with van der Waals surface area (Å²) < 4.78 is 0. The van der Waals surface area contributed by atoms with Crippen LogP contribution in [-0.2, 0) is 0 Å². The number of nitro benzene ring substituents is 1. The molecule has 7 heteroatoms. The fourth-order valence-electron chi connectivity index (χ4n) is 2.11. The number of nitrogens with zero attached hydrogens (tertiary/aromatic N) is 1. The van der Waals surface area contributed by atoms with E-state index in [0.717, 1.165) is 17.9 Å². The van der Waals surface area contributed by atoms with Gasteiger partial charge in [-0.15, -0.1) is 0 Å².